The molecule has 2 N–H and O–H groups in total. The van der Waals surface area contributed by atoms with Crippen molar-refractivity contribution in [2.75, 3.05) is 19.6 Å². The molecular formula is C16H34N2. The molecule has 18 heavy (non-hydrogen) atoms. The van der Waals surface area contributed by atoms with Crippen molar-refractivity contribution in [1.29, 1.82) is 0 Å². The van der Waals surface area contributed by atoms with Gasteiger partial charge in [-0.3, -0.25) is 0 Å². The van der Waals surface area contributed by atoms with Crippen molar-refractivity contribution in [3.63, 3.8) is 0 Å². The van der Waals surface area contributed by atoms with Gasteiger partial charge in [0, 0.05) is 12.1 Å². The van der Waals surface area contributed by atoms with Crippen LogP contribution in [-0.2, 0) is 0 Å². The normalized spacial score (nSPS) is 23.7. The third-order valence-corrected chi connectivity index (χ3v) is 4.23. The first-order chi connectivity index (χ1) is 8.83. The summed E-state index contributed by atoms with van der Waals surface area (Å²) in [5.74, 6) is 0. The summed E-state index contributed by atoms with van der Waals surface area (Å²) in [5.41, 5.74) is 0.428. The smallest absolute Gasteiger partial charge is 0.0306 e. The van der Waals surface area contributed by atoms with Crippen LogP contribution in [0.15, 0.2) is 0 Å². The average molecular weight is 254 g/mol. The Morgan fingerprint density at radius 2 is 1.78 bits per heavy atom. The third-order valence-electron chi connectivity index (χ3n) is 4.23. The lowest BCUT2D eigenvalue weighted by molar-refractivity contribution is 0.324. The molecule has 0 aliphatic carbocycles. The van der Waals surface area contributed by atoms with Crippen LogP contribution < -0.4 is 10.6 Å². The van der Waals surface area contributed by atoms with Gasteiger partial charge in [0.05, 0.1) is 0 Å². The molecule has 1 aliphatic rings. The molecule has 0 aromatic heterocycles. The summed E-state index contributed by atoms with van der Waals surface area (Å²) in [6.45, 7) is 8.19. The van der Waals surface area contributed by atoms with E-state index in [1.807, 2.05) is 0 Å². The Morgan fingerprint density at radius 1 is 1.00 bits per heavy atom. The number of hydrogen-bond acceptors (Lipinski definition) is 2. The molecule has 1 aliphatic heterocycles. The van der Waals surface area contributed by atoms with Gasteiger partial charge in [0.15, 0.2) is 0 Å². The van der Waals surface area contributed by atoms with Crippen molar-refractivity contribution in [1.82, 2.24) is 10.6 Å². The summed E-state index contributed by atoms with van der Waals surface area (Å²) in [5, 5.41) is 7.41. The molecule has 2 nitrogen and oxygen atoms in total. The van der Waals surface area contributed by atoms with Crippen LogP contribution in [0.1, 0.15) is 78.1 Å². The molecule has 108 valence electrons. The summed E-state index contributed by atoms with van der Waals surface area (Å²) < 4.78 is 0. The highest BCUT2D eigenvalue weighted by Gasteiger charge is 2.31. The van der Waals surface area contributed by atoms with E-state index in [1.165, 1.54) is 83.8 Å². The standard InChI is InChI=1S/C16H34N2/c1-3-5-6-7-8-9-13-17-15-16(11-4-2)12-10-14-18-16/h17-18H,3-15H2,1-2H3. The molecule has 0 bridgehead atoms. The molecule has 0 amide bonds. The van der Waals surface area contributed by atoms with Crippen LogP contribution in [-0.4, -0.2) is 25.2 Å². The lowest BCUT2D eigenvalue weighted by Gasteiger charge is -2.29. The number of rotatable bonds is 11. The SMILES string of the molecule is CCCCCCCCNCC1(CCC)CCCN1. The van der Waals surface area contributed by atoms with Gasteiger partial charge in [-0.25, -0.2) is 0 Å². The molecule has 0 aromatic carbocycles. The van der Waals surface area contributed by atoms with Crippen LogP contribution >= 0.6 is 0 Å². The molecule has 1 atom stereocenters. The molecule has 1 saturated heterocycles. The van der Waals surface area contributed by atoms with E-state index >= 15 is 0 Å². The van der Waals surface area contributed by atoms with Gasteiger partial charge in [-0.2, -0.15) is 0 Å². The summed E-state index contributed by atoms with van der Waals surface area (Å²) >= 11 is 0. The Hall–Kier alpha value is -0.0800. The maximum absolute atomic E-state index is 3.73. The van der Waals surface area contributed by atoms with E-state index < -0.39 is 0 Å². The van der Waals surface area contributed by atoms with Gasteiger partial charge >= 0.3 is 0 Å². The van der Waals surface area contributed by atoms with E-state index in [1.54, 1.807) is 0 Å². The van der Waals surface area contributed by atoms with Gasteiger partial charge in [0.1, 0.15) is 0 Å². The molecule has 1 heterocycles. The van der Waals surface area contributed by atoms with E-state index in [2.05, 4.69) is 24.5 Å². The highest BCUT2D eigenvalue weighted by molar-refractivity contribution is 4.94. The predicted octanol–water partition coefficient (Wildman–Crippen LogP) is 3.86. The minimum atomic E-state index is 0.428. The van der Waals surface area contributed by atoms with Gasteiger partial charge in [0.25, 0.3) is 0 Å². The first kappa shape index (κ1) is 16.0. The first-order valence-corrected chi connectivity index (χ1v) is 8.29. The zero-order chi connectivity index (χ0) is 13.1. The fourth-order valence-electron chi connectivity index (χ4n) is 3.16. The molecule has 1 rings (SSSR count). The Morgan fingerprint density at radius 3 is 2.44 bits per heavy atom. The average Bonchev–Trinajstić information content (AvgIpc) is 2.82. The molecule has 0 radical (unpaired) electrons. The third kappa shape index (κ3) is 6.19. The van der Waals surface area contributed by atoms with Crippen LogP contribution in [0.2, 0.25) is 0 Å². The van der Waals surface area contributed by atoms with E-state index in [4.69, 9.17) is 0 Å². The lowest BCUT2D eigenvalue weighted by atomic mass is 9.92. The van der Waals surface area contributed by atoms with Gasteiger partial charge in [0.2, 0.25) is 0 Å². The molecule has 2 heteroatoms. The second-order valence-corrected chi connectivity index (χ2v) is 6.01. The Kier molecular flexibility index (Phi) is 8.70. The number of unbranched alkanes of at least 4 members (excludes halogenated alkanes) is 5. The van der Waals surface area contributed by atoms with Gasteiger partial charge in [-0.1, -0.05) is 52.4 Å². The van der Waals surface area contributed by atoms with Crippen molar-refractivity contribution < 1.29 is 0 Å². The number of nitrogens with one attached hydrogen (secondary N) is 2. The molecule has 0 saturated carbocycles. The monoisotopic (exact) mass is 254 g/mol. The van der Waals surface area contributed by atoms with E-state index in [0.717, 1.165) is 0 Å². The van der Waals surface area contributed by atoms with Gasteiger partial charge < -0.3 is 10.6 Å². The lowest BCUT2D eigenvalue weighted by Crippen LogP contribution is -2.48. The summed E-state index contributed by atoms with van der Waals surface area (Å²) in [6, 6.07) is 0. The van der Waals surface area contributed by atoms with Crippen molar-refractivity contribution in [3.8, 4) is 0 Å². The fraction of sp³-hybridized carbons (Fsp3) is 1.00. The quantitative estimate of drug-likeness (QED) is 0.547. The Balaban J connectivity index is 1.98. The number of hydrogen-bond donors (Lipinski definition) is 2. The highest BCUT2D eigenvalue weighted by Crippen LogP contribution is 2.23. The van der Waals surface area contributed by atoms with Crippen LogP contribution in [0.3, 0.4) is 0 Å². The van der Waals surface area contributed by atoms with Gasteiger partial charge in [-0.15, -0.1) is 0 Å². The molecule has 1 unspecified atom stereocenters. The second kappa shape index (κ2) is 9.80. The largest absolute Gasteiger partial charge is 0.315 e. The van der Waals surface area contributed by atoms with Crippen molar-refractivity contribution in [2.45, 2.75) is 83.6 Å². The van der Waals surface area contributed by atoms with Crippen LogP contribution in [0.4, 0.5) is 0 Å². The molecule has 0 aromatic rings. The maximum Gasteiger partial charge on any atom is 0.0306 e. The first-order valence-electron chi connectivity index (χ1n) is 8.29. The van der Waals surface area contributed by atoms with Crippen LogP contribution in [0.5, 0.6) is 0 Å². The molecular weight excluding hydrogens is 220 g/mol. The maximum atomic E-state index is 3.73. The summed E-state index contributed by atoms with van der Waals surface area (Å²) in [6.07, 6.45) is 13.7. The second-order valence-electron chi connectivity index (χ2n) is 6.01. The van der Waals surface area contributed by atoms with E-state index in [-0.39, 0.29) is 0 Å². The predicted molar refractivity (Wildman–Crippen MR) is 81.1 cm³/mol. The van der Waals surface area contributed by atoms with Crippen LogP contribution in [0.25, 0.3) is 0 Å². The van der Waals surface area contributed by atoms with Crippen molar-refractivity contribution >= 4 is 0 Å². The van der Waals surface area contributed by atoms with Gasteiger partial charge in [-0.05, 0) is 38.8 Å². The highest BCUT2D eigenvalue weighted by atomic mass is 15.1. The topological polar surface area (TPSA) is 24.1 Å². The summed E-state index contributed by atoms with van der Waals surface area (Å²) in [4.78, 5) is 0. The minimum absolute atomic E-state index is 0.428. The molecule has 1 fully saturated rings. The Labute approximate surface area is 114 Å². The fourth-order valence-corrected chi connectivity index (χ4v) is 3.16. The Bertz CT molecular complexity index is 186. The summed E-state index contributed by atoms with van der Waals surface area (Å²) in [7, 11) is 0. The van der Waals surface area contributed by atoms with E-state index in [0.29, 0.717) is 5.54 Å². The van der Waals surface area contributed by atoms with E-state index in [9.17, 15) is 0 Å². The zero-order valence-corrected chi connectivity index (χ0v) is 12.7. The zero-order valence-electron chi connectivity index (χ0n) is 12.7. The molecule has 0 spiro atoms. The van der Waals surface area contributed by atoms with Crippen LogP contribution in [0, 0.1) is 0 Å². The van der Waals surface area contributed by atoms with Crippen molar-refractivity contribution in [2.24, 2.45) is 0 Å². The van der Waals surface area contributed by atoms with Crippen molar-refractivity contribution in [3.05, 3.63) is 0 Å². The minimum Gasteiger partial charge on any atom is -0.315 e.